The molecule has 0 saturated heterocycles. The summed E-state index contributed by atoms with van der Waals surface area (Å²) in [5.74, 6) is -0.264. The molecule has 0 unspecified atom stereocenters. The van der Waals surface area contributed by atoms with Gasteiger partial charge in [-0.25, -0.2) is 8.42 Å². The van der Waals surface area contributed by atoms with Crippen LogP contribution in [0.2, 0.25) is 0 Å². The van der Waals surface area contributed by atoms with Crippen molar-refractivity contribution in [2.45, 2.75) is 37.2 Å². The Bertz CT molecular complexity index is 639. The van der Waals surface area contributed by atoms with E-state index in [4.69, 9.17) is 5.73 Å². The predicted octanol–water partition coefficient (Wildman–Crippen LogP) is 0.353. The second-order valence-corrected chi connectivity index (χ2v) is 7.42. The van der Waals surface area contributed by atoms with Crippen LogP contribution in [0.25, 0.3) is 0 Å². The molecule has 0 aromatic heterocycles. The van der Waals surface area contributed by atoms with Crippen molar-refractivity contribution in [3.05, 3.63) is 29.3 Å². The standard InChI is InChI=1S/C14H21N3O3S/c1-10-7-11(8-15)3-6-13(10)21(19,20)17(2)9-14(18)16-12-4-5-12/h3,6-7,12H,4-5,8-9,15H2,1-2H3,(H,16,18). The molecule has 0 radical (unpaired) electrons. The molecule has 0 atom stereocenters. The van der Waals surface area contributed by atoms with Crippen LogP contribution in [0.5, 0.6) is 0 Å². The van der Waals surface area contributed by atoms with Gasteiger partial charge in [0.2, 0.25) is 15.9 Å². The number of amides is 1. The predicted molar refractivity (Wildman–Crippen MR) is 80.1 cm³/mol. The SMILES string of the molecule is Cc1cc(CN)ccc1S(=O)(=O)N(C)CC(=O)NC1CC1. The lowest BCUT2D eigenvalue weighted by Gasteiger charge is -2.18. The smallest absolute Gasteiger partial charge is 0.243 e. The van der Waals surface area contributed by atoms with Crippen LogP contribution >= 0.6 is 0 Å². The summed E-state index contributed by atoms with van der Waals surface area (Å²) in [6.45, 7) is 1.92. The molecule has 6 nitrogen and oxygen atoms in total. The number of rotatable bonds is 6. The third kappa shape index (κ3) is 3.81. The zero-order valence-corrected chi connectivity index (χ0v) is 13.1. The van der Waals surface area contributed by atoms with E-state index in [0.717, 1.165) is 22.7 Å². The van der Waals surface area contributed by atoms with Crippen LogP contribution < -0.4 is 11.1 Å². The number of nitrogens with two attached hydrogens (primary N) is 1. The van der Waals surface area contributed by atoms with Crippen molar-refractivity contribution in [3.63, 3.8) is 0 Å². The van der Waals surface area contributed by atoms with Crippen LogP contribution in [0.15, 0.2) is 23.1 Å². The molecule has 116 valence electrons. The van der Waals surface area contributed by atoms with E-state index in [0.29, 0.717) is 12.1 Å². The number of nitrogens with zero attached hydrogens (tertiary/aromatic N) is 1. The molecule has 0 spiro atoms. The molecule has 21 heavy (non-hydrogen) atoms. The fourth-order valence-electron chi connectivity index (χ4n) is 2.08. The minimum atomic E-state index is -3.67. The zero-order valence-electron chi connectivity index (χ0n) is 12.3. The molecule has 7 heteroatoms. The second-order valence-electron chi connectivity index (χ2n) is 5.41. The Morgan fingerprint density at radius 2 is 2.10 bits per heavy atom. The van der Waals surface area contributed by atoms with Gasteiger partial charge in [-0.1, -0.05) is 12.1 Å². The van der Waals surface area contributed by atoms with E-state index in [-0.39, 0.29) is 23.4 Å². The highest BCUT2D eigenvalue weighted by Crippen LogP contribution is 2.21. The lowest BCUT2D eigenvalue weighted by atomic mass is 10.1. The molecule has 1 aliphatic rings. The summed E-state index contributed by atoms with van der Waals surface area (Å²) in [6, 6.07) is 5.21. The molecule has 0 aliphatic heterocycles. The van der Waals surface area contributed by atoms with Crippen molar-refractivity contribution in [3.8, 4) is 0 Å². The average molecular weight is 311 g/mol. The Labute approximate surface area is 125 Å². The molecule has 0 heterocycles. The van der Waals surface area contributed by atoms with Crippen molar-refractivity contribution >= 4 is 15.9 Å². The molecule has 1 aromatic rings. The lowest BCUT2D eigenvalue weighted by molar-refractivity contribution is -0.121. The number of benzene rings is 1. The van der Waals surface area contributed by atoms with Crippen molar-refractivity contribution in [2.75, 3.05) is 13.6 Å². The number of likely N-dealkylation sites (N-methyl/N-ethyl adjacent to an activating group) is 1. The monoisotopic (exact) mass is 311 g/mol. The van der Waals surface area contributed by atoms with Crippen molar-refractivity contribution in [2.24, 2.45) is 5.73 Å². The first-order valence-electron chi connectivity index (χ1n) is 6.90. The third-order valence-corrected chi connectivity index (χ3v) is 5.44. The van der Waals surface area contributed by atoms with Gasteiger partial charge in [0.1, 0.15) is 0 Å². The van der Waals surface area contributed by atoms with Gasteiger partial charge in [0.05, 0.1) is 11.4 Å². The van der Waals surface area contributed by atoms with Crippen molar-refractivity contribution in [1.29, 1.82) is 0 Å². The summed E-state index contributed by atoms with van der Waals surface area (Å²) in [6.07, 6.45) is 1.95. The van der Waals surface area contributed by atoms with Gasteiger partial charge in [0.25, 0.3) is 0 Å². The maximum Gasteiger partial charge on any atom is 0.243 e. The number of nitrogens with one attached hydrogen (secondary N) is 1. The maximum atomic E-state index is 12.5. The van der Waals surface area contributed by atoms with E-state index < -0.39 is 10.0 Å². The van der Waals surface area contributed by atoms with Crippen molar-refractivity contribution < 1.29 is 13.2 Å². The van der Waals surface area contributed by atoms with E-state index in [1.807, 2.05) is 0 Å². The molecule has 2 rings (SSSR count). The van der Waals surface area contributed by atoms with Crippen LogP contribution in [-0.4, -0.2) is 38.3 Å². The lowest BCUT2D eigenvalue weighted by Crippen LogP contribution is -2.39. The number of carbonyl (C=O) groups excluding carboxylic acids is 1. The van der Waals surface area contributed by atoms with Gasteiger partial charge in [0.15, 0.2) is 0 Å². The quantitative estimate of drug-likeness (QED) is 0.793. The average Bonchev–Trinajstić information content (AvgIpc) is 3.21. The first-order chi connectivity index (χ1) is 9.84. The summed E-state index contributed by atoms with van der Waals surface area (Å²) in [5.41, 5.74) is 7.05. The highest BCUT2D eigenvalue weighted by Gasteiger charge is 2.28. The van der Waals surface area contributed by atoms with E-state index in [9.17, 15) is 13.2 Å². The van der Waals surface area contributed by atoms with Crippen molar-refractivity contribution in [1.82, 2.24) is 9.62 Å². The fourth-order valence-corrected chi connectivity index (χ4v) is 3.41. The molecular weight excluding hydrogens is 290 g/mol. The number of sulfonamides is 1. The molecule has 3 N–H and O–H groups in total. The molecule has 1 saturated carbocycles. The summed E-state index contributed by atoms with van der Waals surface area (Å²) < 4.78 is 26.1. The normalized spacial score (nSPS) is 15.2. The number of carbonyl (C=O) groups is 1. The first kappa shape index (κ1) is 15.9. The van der Waals surface area contributed by atoms with Gasteiger partial charge in [-0.05, 0) is 37.0 Å². The van der Waals surface area contributed by atoms with Gasteiger partial charge in [-0.3, -0.25) is 4.79 Å². The summed E-state index contributed by atoms with van der Waals surface area (Å²) in [4.78, 5) is 11.9. The van der Waals surface area contributed by atoms with Crippen LogP contribution in [0, 0.1) is 6.92 Å². The van der Waals surface area contributed by atoms with Crippen LogP contribution in [0.3, 0.4) is 0 Å². The van der Waals surface area contributed by atoms with Gasteiger partial charge in [-0.2, -0.15) is 4.31 Å². The topological polar surface area (TPSA) is 92.5 Å². The Morgan fingerprint density at radius 1 is 1.43 bits per heavy atom. The van der Waals surface area contributed by atoms with E-state index in [1.165, 1.54) is 7.05 Å². The Morgan fingerprint density at radius 3 is 2.62 bits per heavy atom. The third-order valence-electron chi connectivity index (χ3n) is 3.47. The van der Waals surface area contributed by atoms with Crippen LogP contribution in [0.1, 0.15) is 24.0 Å². The molecule has 1 aliphatic carbocycles. The van der Waals surface area contributed by atoms with Crippen LogP contribution in [-0.2, 0) is 21.4 Å². The zero-order chi connectivity index (χ0) is 15.6. The second kappa shape index (κ2) is 6.13. The molecule has 1 aromatic carbocycles. The van der Waals surface area contributed by atoms with Crippen LogP contribution in [0.4, 0.5) is 0 Å². The Hall–Kier alpha value is -1.44. The van der Waals surface area contributed by atoms with E-state index in [2.05, 4.69) is 5.32 Å². The minimum Gasteiger partial charge on any atom is -0.352 e. The molecule has 1 amide bonds. The summed E-state index contributed by atoms with van der Waals surface area (Å²) >= 11 is 0. The number of aryl methyl sites for hydroxylation is 1. The molecule has 0 bridgehead atoms. The van der Waals surface area contributed by atoms with Gasteiger partial charge in [0, 0.05) is 19.6 Å². The summed E-state index contributed by atoms with van der Waals surface area (Å²) in [5, 5.41) is 2.78. The number of hydrogen-bond donors (Lipinski definition) is 2. The highest BCUT2D eigenvalue weighted by molar-refractivity contribution is 7.89. The molecular formula is C14H21N3O3S. The van der Waals surface area contributed by atoms with Gasteiger partial charge < -0.3 is 11.1 Å². The Balaban J connectivity index is 2.14. The summed E-state index contributed by atoms with van der Waals surface area (Å²) in [7, 11) is -2.26. The van der Waals surface area contributed by atoms with Gasteiger partial charge >= 0.3 is 0 Å². The van der Waals surface area contributed by atoms with E-state index >= 15 is 0 Å². The highest BCUT2D eigenvalue weighted by atomic mass is 32.2. The first-order valence-corrected chi connectivity index (χ1v) is 8.34. The Kier molecular flexibility index (Phi) is 4.65. The van der Waals surface area contributed by atoms with E-state index in [1.54, 1.807) is 25.1 Å². The molecule has 1 fully saturated rings. The largest absolute Gasteiger partial charge is 0.352 e. The fraction of sp³-hybridized carbons (Fsp3) is 0.500. The maximum absolute atomic E-state index is 12.5. The van der Waals surface area contributed by atoms with Gasteiger partial charge in [-0.15, -0.1) is 0 Å². The number of hydrogen-bond acceptors (Lipinski definition) is 4. The minimum absolute atomic E-state index is 0.170.